The van der Waals surface area contributed by atoms with Gasteiger partial charge < -0.3 is 5.11 Å². The Morgan fingerprint density at radius 3 is 2.50 bits per heavy atom. The Bertz CT molecular complexity index is 266. The first-order chi connectivity index (χ1) is 5.41. The molecule has 68 valence electrons. The Hall–Kier alpha value is -0.120. The molecule has 1 unspecified atom stereocenters. The minimum absolute atomic E-state index is 0.179. The highest BCUT2D eigenvalue weighted by Crippen LogP contribution is 2.35. The number of rotatable bonds is 1. The van der Waals surface area contributed by atoms with Crippen LogP contribution in [0.25, 0.3) is 0 Å². The van der Waals surface area contributed by atoms with Crippen LogP contribution in [0.3, 0.4) is 0 Å². The van der Waals surface area contributed by atoms with Gasteiger partial charge in [-0.1, -0.05) is 32.4 Å². The highest BCUT2D eigenvalue weighted by Gasteiger charge is 2.26. The van der Waals surface area contributed by atoms with Gasteiger partial charge in [0.15, 0.2) is 0 Å². The topological polar surface area (TPSA) is 33.1 Å². The Labute approximate surface area is 81.2 Å². The molecule has 1 heterocycles. The number of hydrogen-bond donors (Lipinski definition) is 1. The Morgan fingerprint density at radius 2 is 2.17 bits per heavy atom. The predicted molar refractivity (Wildman–Crippen MR) is 51.5 cm³/mol. The number of nitrogens with zero attached hydrogens (tertiary/aromatic N) is 1. The van der Waals surface area contributed by atoms with E-state index >= 15 is 0 Å². The minimum atomic E-state index is -0.532. The molecule has 1 rings (SSSR count). The van der Waals surface area contributed by atoms with Crippen LogP contribution < -0.4 is 0 Å². The van der Waals surface area contributed by atoms with Gasteiger partial charge in [0.05, 0.1) is 6.20 Å². The fraction of sp³-hybridized carbons (Fsp3) is 0.625. The summed E-state index contributed by atoms with van der Waals surface area (Å²) in [6.07, 6.45) is 1.03. The van der Waals surface area contributed by atoms with E-state index in [1.54, 1.807) is 6.20 Å². The molecule has 0 aromatic carbocycles. The molecule has 0 saturated heterocycles. The zero-order chi connectivity index (χ0) is 9.35. The predicted octanol–water partition coefficient (Wildman–Crippen LogP) is 2.88. The first-order valence-electron chi connectivity index (χ1n) is 3.70. The minimum Gasteiger partial charge on any atom is -0.385 e. The van der Waals surface area contributed by atoms with Gasteiger partial charge in [0.2, 0.25) is 0 Å². The van der Waals surface area contributed by atoms with E-state index in [9.17, 15) is 5.11 Å². The molecule has 0 aliphatic heterocycles. The summed E-state index contributed by atoms with van der Waals surface area (Å²) in [4.78, 5) is 4.02. The molecule has 1 aromatic rings. The average Bonchev–Trinajstić information content (AvgIpc) is 2.32. The molecule has 0 amide bonds. The fourth-order valence-electron chi connectivity index (χ4n) is 0.764. The van der Waals surface area contributed by atoms with Gasteiger partial charge in [-0.05, 0) is 5.41 Å². The van der Waals surface area contributed by atoms with Crippen LogP contribution in [0.2, 0.25) is 4.34 Å². The van der Waals surface area contributed by atoms with Crippen LogP contribution in [-0.2, 0) is 0 Å². The van der Waals surface area contributed by atoms with Gasteiger partial charge in [-0.25, -0.2) is 4.98 Å². The molecule has 2 nitrogen and oxygen atoms in total. The van der Waals surface area contributed by atoms with Crippen LogP contribution in [0.1, 0.15) is 31.9 Å². The van der Waals surface area contributed by atoms with Crippen molar-refractivity contribution >= 4 is 22.9 Å². The smallest absolute Gasteiger partial charge is 0.123 e. The van der Waals surface area contributed by atoms with Crippen LogP contribution in [-0.4, -0.2) is 10.1 Å². The zero-order valence-corrected chi connectivity index (χ0v) is 8.91. The lowest BCUT2D eigenvalue weighted by Gasteiger charge is -2.23. The summed E-state index contributed by atoms with van der Waals surface area (Å²) < 4.78 is 0.619. The van der Waals surface area contributed by atoms with Crippen molar-refractivity contribution in [1.82, 2.24) is 4.98 Å². The number of hydrogen-bond acceptors (Lipinski definition) is 3. The van der Waals surface area contributed by atoms with Crippen molar-refractivity contribution < 1.29 is 5.11 Å². The van der Waals surface area contributed by atoms with Crippen LogP contribution in [0, 0.1) is 5.41 Å². The van der Waals surface area contributed by atoms with Crippen molar-refractivity contribution in [2.24, 2.45) is 5.41 Å². The van der Waals surface area contributed by atoms with Crippen molar-refractivity contribution in [3.8, 4) is 0 Å². The molecule has 0 aliphatic carbocycles. The van der Waals surface area contributed by atoms with Gasteiger partial charge in [-0.15, -0.1) is 11.3 Å². The second kappa shape index (κ2) is 3.32. The Morgan fingerprint density at radius 1 is 1.58 bits per heavy atom. The molecule has 12 heavy (non-hydrogen) atoms. The third-order valence-electron chi connectivity index (χ3n) is 1.55. The summed E-state index contributed by atoms with van der Waals surface area (Å²) in [5.41, 5.74) is -0.179. The van der Waals surface area contributed by atoms with E-state index in [1.165, 1.54) is 11.3 Å². The molecular weight excluding hydrogens is 194 g/mol. The third-order valence-corrected chi connectivity index (χ3v) is 2.72. The SMILES string of the molecule is CC(C)(C)C(O)c1ncc(Cl)s1. The van der Waals surface area contributed by atoms with Crippen molar-refractivity contribution in [3.05, 3.63) is 15.5 Å². The largest absolute Gasteiger partial charge is 0.385 e. The van der Waals surface area contributed by atoms with E-state index in [1.807, 2.05) is 20.8 Å². The Kier molecular flexibility index (Phi) is 2.76. The second-order valence-corrected chi connectivity index (χ2v) is 5.46. The van der Waals surface area contributed by atoms with Gasteiger partial charge in [0.1, 0.15) is 15.4 Å². The van der Waals surface area contributed by atoms with E-state index in [0.717, 1.165) is 0 Å². The standard InChI is InChI=1S/C8H12ClNOS/c1-8(2,3)6(11)7-10-4-5(9)12-7/h4,6,11H,1-3H3. The van der Waals surface area contributed by atoms with Crippen LogP contribution in [0.4, 0.5) is 0 Å². The Balaban J connectivity index is 2.85. The maximum absolute atomic E-state index is 9.76. The van der Waals surface area contributed by atoms with E-state index in [2.05, 4.69) is 4.98 Å². The van der Waals surface area contributed by atoms with Crippen molar-refractivity contribution in [1.29, 1.82) is 0 Å². The van der Waals surface area contributed by atoms with Gasteiger partial charge in [0.25, 0.3) is 0 Å². The fourth-order valence-corrected chi connectivity index (χ4v) is 1.93. The van der Waals surface area contributed by atoms with E-state index in [4.69, 9.17) is 11.6 Å². The molecule has 0 aliphatic rings. The van der Waals surface area contributed by atoms with E-state index in [0.29, 0.717) is 9.34 Å². The second-order valence-electron chi connectivity index (χ2n) is 3.77. The molecule has 0 radical (unpaired) electrons. The normalized spacial score (nSPS) is 14.8. The number of aliphatic hydroxyl groups is 1. The molecule has 1 N–H and O–H groups in total. The number of halogens is 1. The van der Waals surface area contributed by atoms with Crippen molar-refractivity contribution in [3.63, 3.8) is 0 Å². The van der Waals surface area contributed by atoms with Gasteiger partial charge >= 0.3 is 0 Å². The third kappa shape index (κ3) is 2.19. The first kappa shape index (κ1) is 9.96. The van der Waals surface area contributed by atoms with Crippen LogP contribution in [0.15, 0.2) is 6.20 Å². The van der Waals surface area contributed by atoms with Crippen molar-refractivity contribution in [2.45, 2.75) is 26.9 Å². The highest BCUT2D eigenvalue weighted by atomic mass is 35.5. The molecule has 0 bridgehead atoms. The highest BCUT2D eigenvalue weighted by molar-refractivity contribution is 7.15. The summed E-state index contributed by atoms with van der Waals surface area (Å²) in [5.74, 6) is 0. The van der Waals surface area contributed by atoms with Gasteiger partial charge in [-0.3, -0.25) is 0 Å². The molecular formula is C8H12ClNOS. The van der Waals surface area contributed by atoms with Crippen LogP contribution >= 0.6 is 22.9 Å². The van der Waals surface area contributed by atoms with E-state index < -0.39 is 6.10 Å². The maximum Gasteiger partial charge on any atom is 0.123 e. The summed E-state index contributed by atoms with van der Waals surface area (Å²) in [6.45, 7) is 5.90. The maximum atomic E-state index is 9.76. The first-order valence-corrected chi connectivity index (χ1v) is 4.90. The van der Waals surface area contributed by atoms with Crippen molar-refractivity contribution in [2.75, 3.05) is 0 Å². The lowest BCUT2D eigenvalue weighted by Crippen LogP contribution is -2.17. The summed E-state index contributed by atoms with van der Waals surface area (Å²) in [7, 11) is 0. The van der Waals surface area contributed by atoms with Crippen LogP contribution in [0.5, 0.6) is 0 Å². The molecule has 4 heteroatoms. The molecule has 0 fully saturated rings. The number of aliphatic hydroxyl groups excluding tert-OH is 1. The summed E-state index contributed by atoms with van der Waals surface area (Å²) >= 11 is 7.03. The number of thiazole rings is 1. The average molecular weight is 206 g/mol. The van der Waals surface area contributed by atoms with Gasteiger partial charge in [0, 0.05) is 0 Å². The molecule has 0 spiro atoms. The summed E-state index contributed by atoms with van der Waals surface area (Å²) in [6, 6.07) is 0. The van der Waals surface area contributed by atoms with E-state index in [-0.39, 0.29) is 5.41 Å². The monoisotopic (exact) mass is 205 g/mol. The lowest BCUT2D eigenvalue weighted by atomic mass is 9.90. The molecule has 1 aromatic heterocycles. The zero-order valence-electron chi connectivity index (χ0n) is 7.34. The molecule has 0 saturated carbocycles. The van der Waals surface area contributed by atoms with Gasteiger partial charge in [-0.2, -0.15) is 0 Å². The number of aromatic nitrogens is 1. The summed E-state index contributed by atoms with van der Waals surface area (Å²) in [5, 5.41) is 10.4. The lowest BCUT2D eigenvalue weighted by molar-refractivity contribution is 0.0624. The quantitative estimate of drug-likeness (QED) is 0.765. The molecule has 1 atom stereocenters.